The second kappa shape index (κ2) is 25.0. The van der Waals surface area contributed by atoms with Gasteiger partial charge in [-0.25, -0.2) is 22.0 Å². The zero-order valence-electron chi connectivity index (χ0n) is 28.6. The summed E-state index contributed by atoms with van der Waals surface area (Å²) in [7, 11) is 0. The third-order valence-corrected chi connectivity index (χ3v) is 9.17. The molecule has 4 bridgehead atoms. The molecule has 4 heterocycles. The van der Waals surface area contributed by atoms with Crippen molar-refractivity contribution in [3.05, 3.63) is 34.6 Å². The number of carbonyl (C=O) groups is 2. The first-order valence-electron chi connectivity index (χ1n) is 17.0. The van der Waals surface area contributed by atoms with Crippen LogP contribution in [0, 0.1) is 82.3 Å². The molecular formula is C42H77F5O5. The lowest BCUT2D eigenvalue weighted by Gasteiger charge is -2.19. The van der Waals surface area contributed by atoms with Gasteiger partial charge in [-0.3, -0.25) is 9.59 Å². The predicted molar refractivity (Wildman–Crippen MR) is 205 cm³/mol. The summed E-state index contributed by atoms with van der Waals surface area (Å²) >= 11 is 0. The highest BCUT2D eigenvalue weighted by molar-refractivity contribution is 5.76. The van der Waals surface area contributed by atoms with Crippen molar-refractivity contribution >= 4 is 11.9 Å². The molecule has 310 valence electrons. The smallest absolute Gasteiger partial charge is 0.312 e. The van der Waals surface area contributed by atoms with Gasteiger partial charge < -0.3 is 14.2 Å². The average Bonchev–Trinajstić information content (AvgIpc) is 3.81. The van der Waals surface area contributed by atoms with E-state index in [4.69, 9.17) is 14.2 Å². The first-order chi connectivity index (χ1) is 21.5. The van der Waals surface area contributed by atoms with E-state index >= 15 is 0 Å². The predicted octanol–water partition coefficient (Wildman–Crippen LogP) is 12.7. The zero-order valence-corrected chi connectivity index (χ0v) is 28.6. The molecule has 6 fully saturated rings. The summed E-state index contributed by atoms with van der Waals surface area (Å²) in [4.78, 5) is 22.4. The molecule has 52 heavy (non-hydrogen) atoms. The Balaban J connectivity index is -0.000000289. The fourth-order valence-corrected chi connectivity index (χ4v) is 7.18. The van der Waals surface area contributed by atoms with Crippen LogP contribution in [0.4, 0.5) is 22.0 Å². The molecule has 0 radical (unpaired) electrons. The van der Waals surface area contributed by atoms with Gasteiger partial charge in [0, 0.05) is 17.4 Å². The Labute approximate surface area is 315 Å². The van der Waals surface area contributed by atoms with Gasteiger partial charge in [0.2, 0.25) is 5.82 Å². The van der Waals surface area contributed by atoms with Gasteiger partial charge in [-0.15, -0.1) is 0 Å². The van der Waals surface area contributed by atoms with Crippen LogP contribution in [-0.2, 0) is 30.2 Å². The van der Waals surface area contributed by atoms with E-state index in [0.29, 0.717) is 42.8 Å². The van der Waals surface area contributed by atoms with Crippen molar-refractivity contribution in [1.82, 2.24) is 0 Å². The van der Waals surface area contributed by atoms with Crippen LogP contribution in [0.2, 0.25) is 0 Å². The first-order valence-corrected chi connectivity index (χ1v) is 17.0. The van der Waals surface area contributed by atoms with Gasteiger partial charge >= 0.3 is 11.9 Å². The molecule has 1 aromatic carbocycles. The molecule has 4 saturated heterocycles. The van der Waals surface area contributed by atoms with E-state index in [9.17, 15) is 31.5 Å². The van der Waals surface area contributed by atoms with Gasteiger partial charge in [0.1, 0.15) is 0 Å². The van der Waals surface area contributed by atoms with Crippen molar-refractivity contribution in [1.29, 1.82) is 0 Å². The van der Waals surface area contributed by atoms with Crippen LogP contribution in [0.25, 0.3) is 0 Å². The Morgan fingerprint density at radius 3 is 1.40 bits per heavy atom. The summed E-state index contributed by atoms with van der Waals surface area (Å²) in [5.41, 5.74) is -0.731. The molecule has 7 rings (SSSR count). The average molecular weight is 757 g/mol. The number of hydrogen-bond acceptors (Lipinski definition) is 5. The van der Waals surface area contributed by atoms with E-state index in [0.717, 1.165) is 37.2 Å². The van der Waals surface area contributed by atoms with Gasteiger partial charge in [0.15, 0.2) is 23.3 Å². The maximum Gasteiger partial charge on any atom is 0.312 e. The highest BCUT2D eigenvalue weighted by atomic mass is 19.2. The van der Waals surface area contributed by atoms with Gasteiger partial charge in [-0.2, -0.15) is 0 Å². The standard InChI is InChI=1S/C11H11F5.C9H12O2.C8H10O3.2C4H10.6CH4/c1-5(2)3-4-6-7(12)9(14)11(16)10(15)8(6)13;10-9-8-6-2-1-5(3-6)7(8)4-11-9;9-8-7-4(3-10-8)5-1-2-6(7)11-5;2*1-4(2)3;;;;;;/h5H,3-4H2,1-2H3;5-8H,1-4H2;4-7H,1-3H2;2*4H,1-3H3;6*1H4. The number of benzene rings is 1. The van der Waals surface area contributed by atoms with Crippen LogP contribution >= 0.6 is 0 Å². The van der Waals surface area contributed by atoms with Crippen LogP contribution in [0.5, 0.6) is 0 Å². The lowest BCUT2D eigenvalue weighted by molar-refractivity contribution is -0.144. The number of fused-ring (bicyclic) bond motifs is 10. The van der Waals surface area contributed by atoms with Crippen molar-refractivity contribution in [3.8, 4) is 0 Å². The summed E-state index contributed by atoms with van der Waals surface area (Å²) < 4.78 is 80.1. The van der Waals surface area contributed by atoms with Crippen LogP contribution in [0.3, 0.4) is 0 Å². The summed E-state index contributed by atoms with van der Waals surface area (Å²) in [5, 5.41) is 0. The SMILES string of the molecule is C.C.C.C.C.C.CC(C)C.CC(C)C.CC(C)CCc1c(F)c(F)c(F)c(F)c1F.O=C1OCC2C3CCC(C3)C12.O=C1OCC2C3CCC(O3)C12. The third kappa shape index (κ3) is 13.9. The highest BCUT2D eigenvalue weighted by Gasteiger charge is 2.57. The van der Waals surface area contributed by atoms with Gasteiger partial charge in [0.05, 0.1) is 37.3 Å². The molecular weight excluding hydrogens is 679 g/mol. The molecule has 5 nitrogen and oxygen atoms in total. The van der Waals surface area contributed by atoms with E-state index in [1.165, 1.54) is 19.3 Å². The number of hydrogen-bond donors (Lipinski definition) is 0. The summed E-state index contributed by atoms with van der Waals surface area (Å²) in [6.07, 6.45) is 6.84. The van der Waals surface area contributed by atoms with E-state index in [-0.39, 0.29) is 80.9 Å². The Bertz CT molecular complexity index is 1100. The monoisotopic (exact) mass is 757 g/mol. The fourth-order valence-electron chi connectivity index (χ4n) is 7.18. The minimum Gasteiger partial charge on any atom is -0.465 e. The van der Waals surface area contributed by atoms with Gasteiger partial charge in [-0.1, -0.05) is 99.9 Å². The Kier molecular flexibility index (Phi) is 27.1. The Hall–Kier alpha value is -2.23. The first kappa shape index (κ1) is 56.5. The Morgan fingerprint density at radius 1 is 0.558 bits per heavy atom. The molecule has 8 atom stereocenters. The number of cyclic esters (lactones) is 2. The number of rotatable bonds is 3. The lowest BCUT2D eigenvalue weighted by Crippen LogP contribution is -2.27. The summed E-state index contributed by atoms with van der Waals surface area (Å²) in [5.74, 6) is -4.52. The van der Waals surface area contributed by atoms with E-state index in [2.05, 4.69) is 41.5 Å². The number of carbonyl (C=O) groups excluding carboxylic acids is 2. The van der Waals surface area contributed by atoms with Crippen molar-refractivity contribution in [3.63, 3.8) is 0 Å². The molecule has 2 saturated carbocycles. The second-order valence-electron chi connectivity index (χ2n) is 15.2. The van der Waals surface area contributed by atoms with Gasteiger partial charge in [0.25, 0.3) is 0 Å². The third-order valence-electron chi connectivity index (χ3n) is 9.17. The minimum absolute atomic E-state index is 0. The van der Waals surface area contributed by atoms with E-state index in [1.54, 1.807) is 13.8 Å². The second-order valence-corrected chi connectivity index (χ2v) is 15.2. The van der Waals surface area contributed by atoms with Crippen molar-refractivity contribution in [2.24, 2.45) is 53.3 Å². The maximum absolute atomic E-state index is 13.1. The maximum atomic E-state index is 13.1. The molecule has 6 aliphatic rings. The van der Waals surface area contributed by atoms with Crippen LogP contribution in [-0.4, -0.2) is 37.4 Å². The largest absolute Gasteiger partial charge is 0.465 e. The molecule has 1 aromatic rings. The Morgan fingerprint density at radius 2 is 0.962 bits per heavy atom. The summed E-state index contributed by atoms with van der Waals surface area (Å²) in [6.45, 7) is 17.9. The quantitative estimate of drug-likeness (QED) is 0.133. The van der Waals surface area contributed by atoms with Crippen LogP contribution < -0.4 is 0 Å². The van der Waals surface area contributed by atoms with Crippen molar-refractivity contribution in [2.45, 2.75) is 157 Å². The fraction of sp³-hybridized carbons (Fsp3) is 0.810. The number of halogens is 5. The zero-order chi connectivity index (χ0) is 34.5. The number of ether oxygens (including phenoxy) is 3. The van der Waals surface area contributed by atoms with E-state index < -0.39 is 34.6 Å². The van der Waals surface area contributed by atoms with Gasteiger partial charge in [-0.05, 0) is 74.5 Å². The molecule has 8 unspecified atom stereocenters. The normalized spacial score (nSPS) is 27.2. The molecule has 4 aliphatic heterocycles. The molecule has 0 aromatic heterocycles. The molecule has 0 amide bonds. The van der Waals surface area contributed by atoms with Crippen molar-refractivity contribution in [2.75, 3.05) is 13.2 Å². The molecule has 0 N–H and O–H groups in total. The van der Waals surface area contributed by atoms with Crippen molar-refractivity contribution < 1.29 is 45.8 Å². The van der Waals surface area contributed by atoms with Crippen LogP contribution in [0.1, 0.15) is 144 Å². The van der Waals surface area contributed by atoms with Crippen LogP contribution in [0.15, 0.2) is 0 Å². The topological polar surface area (TPSA) is 61.8 Å². The minimum atomic E-state index is -2.11. The van der Waals surface area contributed by atoms with E-state index in [1.807, 2.05) is 0 Å². The molecule has 10 heteroatoms. The summed E-state index contributed by atoms with van der Waals surface area (Å²) in [6, 6.07) is 0. The lowest BCUT2D eigenvalue weighted by atomic mass is 9.81. The highest BCUT2D eigenvalue weighted by Crippen LogP contribution is 2.55. The molecule has 2 aliphatic carbocycles. The number of esters is 2. The molecule has 0 spiro atoms.